The van der Waals surface area contributed by atoms with Gasteiger partial charge in [-0.15, -0.1) is 0 Å². The van der Waals surface area contributed by atoms with Gasteiger partial charge in [0.15, 0.2) is 0 Å². The predicted molar refractivity (Wildman–Crippen MR) is 242 cm³/mol. The highest BCUT2D eigenvalue weighted by Gasteiger charge is 2.23. The summed E-state index contributed by atoms with van der Waals surface area (Å²) in [4.78, 5) is 15.7. The lowest BCUT2D eigenvalue weighted by Gasteiger charge is -2.20. The Bertz CT molecular complexity index is 3340. The number of rotatable bonds is 6. The minimum absolute atomic E-state index is 0.0159. The third-order valence-electron chi connectivity index (χ3n) is 11.4. The number of para-hydroxylation sites is 3. The molecule has 0 saturated heterocycles. The molecule has 0 amide bonds. The molecule has 0 bridgehead atoms. The molecule has 11 aromatic rings. The van der Waals surface area contributed by atoms with Gasteiger partial charge in [-0.2, -0.15) is 0 Å². The van der Waals surface area contributed by atoms with E-state index in [1.165, 1.54) is 10.9 Å². The number of benzene rings is 7. The Morgan fingerprint density at radius 1 is 0.492 bits per heavy atom. The molecular weight excluding hydrogens is 723 g/mol. The van der Waals surface area contributed by atoms with E-state index in [-0.39, 0.29) is 5.41 Å². The van der Waals surface area contributed by atoms with Crippen LogP contribution in [0.3, 0.4) is 0 Å². The van der Waals surface area contributed by atoms with Crippen molar-refractivity contribution in [1.82, 2.24) is 23.9 Å². The summed E-state index contributed by atoms with van der Waals surface area (Å²) in [6.45, 7) is 6.69. The fourth-order valence-electron chi connectivity index (χ4n) is 8.52. The van der Waals surface area contributed by atoms with Crippen molar-refractivity contribution in [3.63, 3.8) is 0 Å². The first kappa shape index (κ1) is 34.7. The molecule has 7 aromatic carbocycles. The number of pyridine rings is 1. The molecule has 0 saturated carbocycles. The lowest BCUT2D eigenvalue weighted by Crippen LogP contribution is -2.12. The smallest absolute Gasteiger partial charge is 0.149 e. The first-order chi connectivity index (χ1) is 28.9. The molecule has 0 radical (unpaired) electrons. The van der Waals surface area contributed by atoms with E-state index in [0.29, 0.717) is 5.75 Å². The zero-order valence-electron chi connectivity index (χ0n) is 33.0. The van der Waals surface area contributed by atoms with Crippen LogP contribution in [0.5, 0.6) is 11.5 Å². The van der Waals surface area contributed by atoms with Gasteiger partial charge in [0.1, 0.15) is 28.8 Å². The number of aromatic nitrogens is 5. The van der Waals surface area contributed by atoms with Crippen LogP contribution in [0.15, 0.2) is 182 Å². The summed E-state index contributed by atoms with van der Waals surface area (Å²) < 4.78 is 11.2. The SMILES string of the molecule is CC(C)(C)c1ccnc(-n2c3ccccc3c3ccc(Oc4ccc5nc(-c6c(-c7ccccc7)cccc6-c6ccccc6)n6c7ccccc7nc6c5c4)cc32)c1. The van der Waals surface area contributed by atoms with Crippen LogP contribution >= 0.6 is 0 Å². The van der Waals surface area contributed by atoms with Crippen molar-refractivity contribution in [1.29, 1.82) is 0 Å². The van der Waals surface area contributed by atoms with Gasteiger partial charge in [0.05, 0.1) is 27.6 Å². The molecule has 0 unspecified atom stereocenters. The Balaban J connectivity index is 1.09. The van der Waals surface area contributed by atoms with Crippen molar-refractivity contribution in [2.24, 2.45) is 0 Å². The highest BCUT2D eigenvalue weighted by atomic mass is 16.5. The molecular formula is C53H39N5O. The number of hydrogen-bond donors (Lipinski definition) is 0. The van der Waals surface area contributed by atoms with Crippen LogP contribution < -0.4 is 4.74 Å². The summed E-state index contributed by atoms with van der Waals surface area (Å²) in [5.74, 6) is 3.14. The average Bonchev–Trinajstić information content (AvgIpc) is 3.83. The minimum atomic E-state index is -0.0159. The van der Waals surface area contributed by atoms with Crippen LogP contribution in [0.1, 0.15) is 26.3 Å². The van der Waals surface area contributed by atoms with E-state index < -0.39 is 0 Å². The van der Waals surface area contributed by atoms with E-state index in [0.717, 1.165) is 89.2 Å². The van der Waals surface area contributed by atoms with Crippen molar-refractivity contribution in [2.75, 3.05) is 0 Å². The highest BCUT2D eigenvalue weighted by molar-refractivity contribution is 6.09. The Hall–Kier alpha value is -7.57. The fourth-order valence-corrected chi connectivity index (χ4v) is 8.52. The maximum Gasteiger partial charge on any atom is 0.149 e. The lowest BCUT2D eigenvalue weighted by atomic mass is 9.88. The van der Waals surface area contributed by atoms with Crippen LogP contribution in [0.2, 0.25) is 0 Å². The van der Waals surface area contributed by atoms with E-state index in [1.54, 1.807) is 0 Å². The third-order valence-corrected chi connectivity index (χ3v) is 11.4. The van der Waals surface area contributed by atoms with Gasteiger partial charge in [0, 0.05) is 34.0 Å². The summed E-state index contributed by atoms with van der Waals surface area (Å²) in [6, 6.07) is 61.2. The molecule has 0 atom stereocenters. The molecule has 0 N–H and O–H groups in total. The van der Waals surface area contributed by atoms with Crippen LogP contribution in [0.25, 0.3) is 88.8 Å². The van der Waals surface area contributed by atoms with Crippen LogP contribution in [0.4, 0.5) is 0 Å². The summed E-state index contributed by atoms with van der Waals surface area (Å²) in [5.41, 5.74) is 12.4. The highest BCUT2D eigenvalue weighted by Crippen LogP contribution is 2.42. The average molecular weight is 762 g/mol. The minimum Gasteiger partial charge on any atom is -0.457 e. The van der Waals surface area contributed by atoms with E-state index in [9.17, 15) is 0 Å². The van der Waals surface area contributed by atoms with Crippen LogP contribution in [0, 0.1) is 0 Å². The molecule has 0 spiro atoms. The molecule has 0 aliphatic rings. The first-order valence-corrected chi connectivity index (χ1v) is 20.0. The zero-order chi connectivity index (χ0) is 39.7. The second-order valence-corrected chi connectivity index (χ2v) is 16.1. The molecule has 0 aliphatic carbocycles. The molecule has 4 aromatic heterocycles. The molecule has 0 fully saturated rings. The largest absolute Gasteiger partial charge is 0.457 e. The first-order valence-electron chi connectivity index (χ1n) is 20.0. The van der Waals surface area contributed by atoms with Crippen molar-refractivity contribution >= 4 is 49.4 Å². The number of imidazole rings is 1. The predicted octanol–water partition coefficient (Wildman–Crippen LogP) is 13.6. The van der Waals surface area contributed by atoms with Gasteiger partial charge < -0.3 is 4.74 Å². The van der Waals surface area contributed by atoms with Crippen molar-refractivity contribution in [3.8, 4) is 51.0 Å². The second kappa shape index (κ2) is 13.5. The summed E-state index contributed by atoms with van der Waals surface area (Å²) in [6.07, 6.45) is 1.91. The third kappa shape index (κ3) is 5.83. The molecule has 282 valence electrons. The quantitative estimate of drug-likeness (QED) is 0.169. The normalized spacial score (nSPS) is 12.0. The lowest BCUT2D eigenvalue weighted by molar-refractivity contribution is 0.484. The second-order valence-electron chi connectivity index (χ2n) is 16.1. The van der Waals surface area contributed by atoms with Gasteiger partial charge in [-0.1, -0.05) is 130 Å². The number of ether oxygens (including phenoxy) is 1. The monoisotopic (exact) mass is 761 g/mol. The van der Waals surface area contributed by atoms with Crippen molar-refractivity contribution < 1.29 is 4.74 Å². The van der Waals surface area contributed by atoms with Gasteiger partial charge in [-0.3, -0.25) is 8.97 Å². The van der Waals surface area contributed by atoms with E-state index in [2.05, 4.69) is 194 Å². The molecule has 59 heavy (non-hydrogen) atoms. The van der Waals surface area contributed by atoms with Crippen molar-refractivity contribution in [2.45, 2.75) is 26.2 Å². The Morgan fingerprint density at radius 3 is 1.88 bits per heavy atom. The van der Waals surface area contributed by atoms with Gasteiger partial charge in [0.2, 0.25) is 0 Å². The Kier molecular flexibility index (Phi) is 7.95. The number of nitrogens with zero attached hydrogens (tertiary/aromatic N) is 5. The van der Waals surface area contributed by atoms with Gasteiger partial charge >= 0.3 is 0 Å². The molecule has 4 heterocycles. The van der Waals surface area contributed by atoms with Gasteiger partial charge in [-0.25, -0.2) is 15.0 Å². The maximum atomic E-state index is 6.75. The van der Waals surface area contributed by atoms with Crippen LogP contribution in [-0.2, 0) is 5.41 Å². The van der Waals surface area contributed by atoms with E-state index in [1.807, 2.05) is 18.3 Å². The van der Waals surface area contributed by atoms with Crippen molar-refractivity contribution in [3.05, 3.63) is 188 Å². The molecule has 11 rings (SSSR count). The van der Waals surface area contributed by atoms with Gasteiger partial charge in [0.25, 0.3) is 0 Å². The van der Waals surface area contributed by atoms with Gasteiger partial charge in [-0.05, 0) is 93.9 Å². The summed E-state index contributed by atoms with van der Waals surface area (Å²) >= 11 is 0. The zero-order valence-corrected chi connectivity index (χ0v) is 33.0. The molecule has 0 aliphatic heterocycles. The summed E-state index contributed by atoms with van der Waals surface area (Å²) in [5, 5.41) is 3.21. The van der Waals surface area contributed by atoms with E-state index in [4.69, 9.17) is 19.7 Å². The topological polar surface area (TPSA) is 57.2 Å². The number of fused-ring (bicyclic) bond motifs is 8. The number of hydrogen-bond acceptors (Lipinski definition) is 4. The molecule has 6 nitrogen and oxygen atoms in total. The van der Waals surface area contributed by atoms with Crippen LogP contribution in [-0.4, -0.2) is 23.9 Å². The maximum absolute atomic E-state index is 6.75. The fraction of sp³-hybridized carbons (Fsp3) is 0.0755. The standard InChI is InChI=1S/C53H39N5O/c1-53(2,3)36-29-30-54-49(31-36)57-46-23-12-10-19-41(46)42-27-25-38(33-48(42)57)59-37-26-28-44-43(32-37)51-56-45-22-11-13-24-47(45)58(51)52(55-44)50-39(34-15-6-4-7-16-34)20-14-21-40(50)35-17-8-5-9-18-35/h4-33H,1-3H3. The Morgan fingerprint density at radius 2 is 1.14 bits per heavy atom. The molecule has 6 heteroatoms. The Labute approximate surface area is 341 Å². The van der Waals surface area contributed by atoms with E-state index >= 15 is 0 Å². The summed E-state index contributed by atoms with van der Waals surface area (Å²) in [7, 11) is 0.